The lowest BCUT2D eigenvalue weighted by atomic mass is 10.00. The monoisotopic (exact) mass is 436 g/mol. The van der Waals surface area contributed by atoms with Crippen molar-refractivity contribution in [3.63, 3.8) is 0 Å². The zero-order chi connectivity index (χ0) is 21.4. The van der Waals surface area contributed by atoms with E-state index in [4.69, 9.17) is 0 Å². The van der Waals surface area contributed by atoms with E-state index in [1.54, 1.807) is 30.3 Å². The molecule has 7 nitrogen and oxygen atoms in total. The van der Waals surface area contributed by atoms with Crippen LogP contribution in [0, 0.1) is 0 Å². The van der Waals surface area contributed by atoms with E-state index in [0.29, 0.717) is 30.6 Å². The minimum Gasteiger partial charge on any atom is -0.346 e. The number of carbonyl (C=O) groups excluding carboxylic acids is 1. The van der Waals surface area contributed by atoms with Gasteiger partial charge in [0.1, 0.15) is 0 Å². The highest BCUT2D eigenvalue weighted by Crippen LogP contribution is 2.30. The maximum absolute atomic E-state index is 12.7. The summed E-state index contributed by atoms with van der Waals surface area (Å²) in [6.45, 7) is 2.26. The molecule has 156 valence electrons. The Kier molecular flexibility index (Phi) is 5.73. The number of aryl methyl sites for hydroxylation is 1. The Morgan fingerprint density at radius 3 is 2.28 bits per heavy atom. The Morgan fingerprint density at radius 1 is 1.03 bits per heavy atom. The summed E-state index contributed by atoms with van der Waals surface area (Å²) in [6.07, 6.45) is 3.74. The lowest BCUT2D eigenvalue weighted by Crippen LogP contribution is -2.35. The number of amides is 1. The highest BCUT2D eigenvalue weighted by Gasteiger charge is 2.25. The quantitative estimate of drug-likeness (QED) is 0.775. The van der Waals surface area contributed by atoms with Gasteiger partial charge >= 0.3 is 0 Å². The Morgan fingerprint density at radius 2 is 1.69 bits per heavy atom. The van der Waals surface area contributed by atoms with Gasteiger partial charge in [0.15, 0.2) is 9.84 Å². The van der Waals surface area contributed by atoms with Crippen molar-refractivity contribution >= 4 is 31.5 Å². The van der Waals surface area contributed by atoms with Crippen molar-refractivity contribution in [2.75, 3.05) is 23.4 Å². The zero-order valence-electron chi connectivity index (χ0n) is 16.5. The molecule has 0 saturated heterocycles. The molecule has 0 aromatic heterocycles. The molecule has 1 heterocycles. The van der Waals surface area contributed by atoms with Crippen LogP contribution < -0.4 is 9.62 Å². The molecule has 0 bridgehead atoms. The van der Waals surface area contributed by atoms with Gasteiger partial charge in [0.05, 0.1) is 22.9 Å². The van der Waals surface area contributed by atoms with Gasteiger partial charge in [-0.2, -0.15) is 0 Å². The molecule has 1 N–H and O–H groups in total. The third kappa shape index (κ3) is 4.79. The minimum absolute atomic E-state index is 0.227. The van der Waals surface area contributed by atoms with Crippen molar-refractivity contribution in [1.29, 1.82) is 0 Å². The zero-order valence-corrected chi connectivity index (χ0v) is 18.2. The molecule has 0 unspecified atom stereocenters. The van der Waals surface area contributed by atoms with Gasteiger partial charge in [-0.15, -0.1) is 0 Å². The van der Waals surface area contributed by atoms with Crippen molar-refractivity contribution in [2.24, 2.45) is 0 Å². The molecular weight excluding hydrogens is 412 g/mol. The second-order valence-corrected chi connectivity index (χ2v) is 11.2. The van der Waals surface area contributed by atoms with E-state index in [1.807, 2.05) is 6.92 Å². The van der Waals surface area contributed by atoms with Crippen LogP contribution in [0.4, 0.5) is 5.69 Å². The van der Waals surface area contributed by atoms with Crippen LogP contribution in [0.1, 0.15) is 40.9 Å². The highest BCUT2D eigenvalue weighted by molar-refractivity contribution is 7.92. The van der Waals surface area contributed by atoms with Gasteiger partial charge < -0.3 is 5.32 Å². The predicted molar refractivity (Wildman–Crippen MR) is 112 cm³/mol. The van der Waals surface area contributed by atoms with Crippen molar-refractivity contribution in [3.8, 4) is 0 Å². The molecule has 0 aliphatic carbocycles. The molecule has 0 saturated carbocycles. The summed E-state index contributed by atoms with van der Waals surface area (Å²) in [6, 6.07) is 11.1. The lowest BCUT2D eigenvalue weighted by molar-refractivity contribution is 0.0939. The summed E-state index contributed by atoms with van der Waals surface area (Å²) in [5, 5.41) is 2.90. The topological polar surface area (TPSA) is 101 Å². The first-order valence-electron chi connectivity index (χ1n) is 9.18. The number of nitrogens with one attached hydrogen (secondary N) is 1. The SMILES string of the molecule is C[C@H](NC(=O)c1ccc2c(c1)CCCN2S(C)(=O)=O)c1ccc(S(C)(=O)=O)cc1. The largest absolute Gasteiger partial charge is 0.346 e. The number of carbonyl (C=O) groups is 1. The van der Waals surface area contributed by atoms with Gasteiger partial charge in [-0.3, -0.25) is 9.10 Å². The van der Waals surface area contributed by atoms with Crippen LogP contribution in [0.3, 0.4) is 0 Å². The first kappa shape index (κ1) is 21.3. The smallest absolute Gasteiger partial charge is 0.251 e. The van der Waals surface area contributed by atoms with Crippen LogP contribution in [0.25, 0.3) is 0 Å². The van der Waals surface area contributed by atoms with Crippen molar-refractivity contribution in [3.05, 3.63) is 59.2 Å². The number of hydrogen-bond acceptors (Lipinski definition) is 5. The molecule has 0 fully saturated rings. The van der Waals surface area contributed by atoms with E-state index in [-0.39, 0.29) is 16.8 Å². The average Bonchev–Trinajstić information content (AvgIpc) is 2.65. The van der Waals surface area contributed by atoms with E-state index in [0.717, 1.165) is 17.4 Å². The van der Waals surface area contributed by atoms with E-state index < -0.39 is 19.9 Å². The standard InChI is InChI=1S/C20H24N2O5S2/c1-14(15-6-9-18(10-7-15)28(2,24)25)21-20(23)17-8-11-19-16(13-17)5-4-12-22(19)29(3,26)27/h6-11,13-14H,4-5,12H2,1-3H3,(H,21,23)/t14-/m0/s1. The molecule has 1 aliphatic rings. The lowest BCUT2D eigenvalue weighted by Gasteiger charge is -2.29. The van der Waals surface area contributed by atoms with Gasteiger partial charge in [0.2, 0.25) is 10.0 Å². The Balaban J connectivity index is 1.77. The number of sulfone groups is 1. The summed E-state index contributed by atoms with van der Waals surface area (Å²) >= 11 is 0. The number of benzene rings is 2. The molecule has 1 atom stereocenters. The molecule has 0 radical (unpaired) electrons. The molecular formula is C20H24N2O5S2. The normalized spacial score (nSPS) is 15.5. The Hall–Kier alpha value is -2.39. The van der Waals surface area contributed by atoms with Crippen LogP contribution in [0.5, 0.6) is 0 Å². The van der Waals surface area contributed by atoms with E-state index in [2.05, 4.69) is 5.32 Å². The maximum Gasteiger partial charge on any atom is 0.251 e. The van der Waals surface area contributed by atoms with Gasteiger partial charge in [0, 0.05) is 18.4 Å². The minimum atomic E-state index is -3.35. The molecule has 1 aliphatic heterocycles. The summed E-state index contributed by atoms with van der Waals surface area (Å²) in [5.74, 6) is -0.274. The fraction of sp³-hybridized carbons (Fsp3) is 0.350. The van der Waals surface area contributed by atoms with Crippen LogP contribution >= 0.6 is 0 Å². The number of rotatable bonds is 5. The summed E-state index contributed by atoms with van der Waals surface area (Å²) in [5.41, 5.74) is 2.70. The molecule has 0 spiro atoms. The fourth-order valence-electron chi connectivity index (χ4n) is 3.42. The highest BCUT2D eigenvalue weighted by atomic mass is 32.2. The van der Waals surface area contributed by atoms with Gasteiger partial charge in [0.25, 0.3) is 5.91 Å². The number of fused-ring (bicyclic) bond motifs is 1. The van der Waals surface area contributed by atoms with Crippen LogP contribution in [-0.2, 0) is 26.3 Å². The number of nitrogens with zero attached hydrogens (tertiary/aromatic N) is 1. The molecule has 3 rings (SSSR count). The second-order valence-electron chi connectivity index (χ2n) is 7.32. The van der Waals surface area contributed by atoms with Crippen molar-refractivity contribution in [1.82, 2.24) is 5.32 Å². The Labute approximate surface area is 171 Å². The maximum atomic E-state index is 12.7. The number of sulfonamides is 1. The van der Waals surface area contributed by atoms with Gasteiger partial charge in [-0.05, 0) is 61.2 Å². The molecule has 2 aromatic carbocycles. The van der Waals surface area contributed by atoms with Crippen molar-refractivity contribution in [2.45, 2.75) is 30.7 Å². The molecule has 29 heavy (non-hydrogen) atoms. The van der Waals surface area contributed by atoms with E-state index >= 15 is 0 Å². The van der Waals surface area contributed by atoms with Crippen LogP contribution in [0.2, 0.25) is 0 Å². The average molecular weight is 437 g/mol. The van der Waals surface area contributed by atoms with E-state index in [9.17, 15) is 21.6 Å². The second kappa shape index (κ2) is 7.79. The molecule has 2 aromatic rings. The summed E-state index contributed by atoms with van der Waals surface area (Å²) in [4.78, 5) is 12.9. The first-order valence-corrected chi connectivity index (χ1v) is 12.9. The third-order valence-corrected chi connectivity index (χ3v) is 7.28. The molecule has 9 heteroatoms. The van der Waals surface area contributed by atoms with Crippen LogP contribution in [-0.4, -0.2) is 41.8 Å². The number of hydrogen-bond donors (Lipinski definition) is 1. The Bertz CT molecular complexity index is 1140. The first-order chi connectivity index (χ1) is 13.5. The third-order valence-electron chi connectivity index (χ3n) is 4.97. The predicted octanol–water partition coefficient (Wildman–Crippen LogP) is 2.29. The molecule has 1 amide bonds. The number of anilines is 1. The van der Waals surface area contributed by atoms with E-state index in [1.165, 1.54) is 22.7 Å². The van der Waals surface area contributed by atoms with Crippen molar-refractivity contribution < 1.29 is 21.6 Å². The van der Waals surface area contributed by atoms with Gasteiger partial charge in [-0.1, -0.05) is 12.1 Å². The fourth-order valence-corrected chi connectivity index (χ4v) is 5.04. The van der Waals surface area contributed by atoms with Gasteiger partial charge in [-0.25, -0.2) is 16.8 Å². The summed E-state index contributed by atoms with van der Waals surface area (Å²) < 4.78 is 48.4. The van der Waals surface area contributed by atoms with Crippen LogP contribution in [0.15, 0.2) is 47.4 Å². The summed E-state index contributed by atoms with van der Waals surface area (Å²) in [7, 11) is -6.62.